The number of rotatable bonds is 7. The van der Waals surface area contributed by atoms with Gasteiger partial charge in [-0.2, -0.15) is 0 Å². The van der Waals surface area contributed by atoms with Crippen LogP contribution in [0.15, 0.2) is 24.3 Å². The number of carbonyl (C=O) groups is 1. The SMILES string of the molecule is CCOc1ccccc1NC(=O)CNC1(CO)CCCC1. The largest absolute Gasteiger partial charge is 0.492 e. The lowest BCUT2D eigenvalue weighted by atomic mass is 9.99. The highest BCUT2D eigenvalue weighted by Crippen LogP contribution is 2.29. The third-order valence-corrected chi connectivity index (χ3v) is 3.95. The van der Waals surface area contributed by atoms with Crippen molar-refractivity contribution in [1.29, 1.82) is 0 Å². The van der Waals surface area contributed by atoms with Crippen LogP contribution in [-0.4, -0.2) is 36.3 Å². The van der Waals surface area contributed by atoms with Crippen LogP contribution < -0.4 is 15.4 Å². The fourth-order valence-corrected chi connectivity index (χ4v) is 2.76. The van der Waals surface area contributed by atoms with E-state index in [2.05, 4.69) is 10.6 Å². The molecule has 2 rings (SSSR count). The molecule has 0 aliphatic heterocycles. The van der Waals surface area contributed by atoms with Crippen LogP contribution in [0.1, 0.15) is 32.6 Å². The van der Waals surface area contributed by atoms with Gasteiger partial charge >= 0.3 is 0 Å². The molecule has 21 heavy (non-hydrogen) atoms. The fraction of sp³-hybridized carbons (Fsp3) is 0.562. The standard InChI is InChI=1S/C16H24N2O3/c1-2-21-14-8-4-3-7-13(14)18-15(20)11-17-16(12-19)9-5-6-10-16/h3-4,7-8,17,19H,2,5-6,9-12H2,1H3,(H,18,20). The van der Waals surface area contributed by atoms with Crippen molar-refractivity contribution in [3.05, 3.63) is 24.3 Å². The molecule has 0 aromatic heterocycles. The van der Waals surface area contributed by atoms with Crippen molar-refractivity contribution in [2.24, 2.45) is 0 Å². The molecule has 0 saturated heterocycles. The molecule has 5 heteroatoms. The van der Waals surface area contributed by atoms with Crippen molar-refractivity contribution in [2.75, 3.05) is 25.1 Å². The smallest absolute Gasteiger partial charge is 0.238 e. The summed E-state index contributed by atoms with van der Waals surface area (Å²) >= 11 is 0. The molecule has 1 aromatic rings. The van der Waals surface area contributed by atoms with Gasteiger partial charge in [-0.05, 0) is 31.9 Å². The van der Waals surface area contributed by atoms with E-state index in [1.807, 2.05) is 31.2 Å². The molecule has 0 radical (unpaired) electrons. The van der Waals surface area contributed by atoms with Crippen molar-refractivity contribution < 1.29 is 14.6 Å². The predicted molar refractivity (Wildman–Crippen MR) is 82.5 cm³/mol. The fourth-order valence-electron chi connectivity index (χ4n) is 2.76. The molecule has 0 spiro atoms. The number of carbonyl (C=O) groups excluding carboxylic acids is 1. The Labute approximate surface area is 125 Å². The molecular weight excluding hydrogens is 268 g/mol. The molecule has 1 aliphatic carbocycles. The summed E-state index contributed by atoms with van der Waals surface area (Å²) in [7, 11) is 0. The average molecular weight is 292 g/mol. The van der Waals surface area contributed by atoms with Crippen molar-refractivity contribution in [3.63, 3.8) is 0 Å². The Hall–Kier alpha value is -1.59. The topological polar surface area (TPSA) is 70.6 Å². The van der Waals surface area contributed by atoms with Gasteiger partial charge in [-0.25, -0.2) is 0 Å². The monoisotopic (exact) mass is 292 g/mol. The summed E-state index contributed by atoms with van der Waals surface area (Å²) < 4.78 is 5.48. The number of hydrogen-bond donors (Lipinski definition) is 3. The molecule has 1 fully saturated rings. The Morgan fingerprint density at radius 3 is 2.71 bits per heavy atom. The Morgan fingerprint density at radius 2 is 2.05 bits per heavy atom. The number of benzene rings is 1. The van der Waals surface area contributed by atoms with Gasteiger partial charge < -0.3 is 20.5 Å². The molecule has 1 aromatic carbocycles. The first-order valence-corrected chi connectivity index (χ1v) is 7.57. The quantitative estimate of drug-likeness (QED) is 0.718. The number of nitrogens with one attached hydrogen (secondary N) is 2. The lowest BCUT2D eigenvalue weighted by Crippen LogP contribution is -2.49. The first-order valence-electron chi connectivity index (χ1n) is 7.57. The van der Waals surface area contributed by atoms with Gasteiger partial charge in [0.25, 0.3) is 0 Å². The van der Waals surface area contributed by atoms with E-state index in [1.54, 1.807) is 0 Å². The molecule has 0 unspecified atom stereocenters. The maximum atomic E-state index is 12.1. The zero-order chi connectivity index (χ0) is 15.1. The summed E-state index contributed by atoms with van der Waals surface area (Å²) in [6, 6.07) is 7.38. The Bertz CT molecular complexity index is 470. The van der Waals surface area contributed by atoms with Crippen molar-refractivity contribution in [1.82, 2.24) is 5.32 Å². The number of aliphatic hydroxyl groups excluding tert-OH is 1. The van der Waals surface area contributed by atoms with Gasteiger partial charge in [-0.1, -0.05) is 25.0 Å². The van der Waals surface area contributed by atoms with E-state index in [0.717, 1.165) is 25.7 Å². The molecule has 116 valence electrons. The van der Waals surface area contributed by atoms with Crippen LogP contribution in [0.25, 0.3) is 0 Å². The van der Waals surface area contributed by atoms with Crippen molar-refractivity contribution >= 4 is 11.6 Å². The minimum Gasteiger partial charge on any atom is -0.492 e. The first-order chi connectivity index (χ1) is 10.2. The van der Waals surface area contributed by atoms with Crippen LogP contribution in [-0.2, 0) is 4.79 Å². The van der Waals surface area contributed by atoms with E-state index in [9.17, 15) is 9.90 Å². The maximum absolute atomic E-state index is 12.1. The number of hydrogen-bond acceptors (Lipinski definition) is 4. The van der Waals surface area contributed by atoms with E-state index in [0.29, 0.717) is 18.0 Å². The van der Waals surface area contributed by atoms with Gasteiger partial charge in [0.05, 0.1) is 25.4 Å². The second-order valence-electron chi connectivity index (χ2n) is 5.48. The highest BCUT2D eigenvalue weighted by atomic mass is 16.5. The molecule has 1 amide bonds. The second-order valence-corrected chi connectivity index (χ2v) is 5.48. The number of para-hydroxylation sites is 2. The normalized spacial score (nSPS) is 16.7. The summed E-state index contributed by atoms with van der Waals surface area (Å²) in [6.45, 7) is 2.74. The number of anilines is 1. The van der Waals surface area contributed by atoms with Crippen molar-refractivity contribution in [3.8, 4) is 5.75 Å². The molecule has 0 heterocycles. The van der Waals surface area contributed by atoms with Gasteiger partial charge in [-0.3, -0.25) is 4.79 Å². The molecular formula is C16H24N2O3. The third-order valence-electron chi connectivity index (χ3n) is 3.95. The van der Waals surface area contributed by atoms with E-state index >= 15 is 0 Å². The third kappa shape index (κ3) is 4.19. The van der Waals surface area contributed by atoms with E-state index in [4.69, 9.17) is 4.74 Å². The van der Waals surface area contributed by atoms with Gasteiger partial charge in [0.2, 0.25) is 5.91 Å². The summed E-state index contributed by atoms with van der Waals surface area (Å²) in [5.41, 5.74) is 0.396. The predicted octanol–water partition coefficient (Wildman–Crippen LogP) is 1.92. The number of amides is 1. The summed E-state index contributed by atoms with van der Waals surface area (Å²) in [5.74, 6) is 0.549. The summed E-state index contributed by atoms with van der Waals surface area (Å²) in [5, 5.41) is 15.6. The van der Waals surface area contributed by atoms with Gasteiger partial charge in [0.15, 0.2) is 0 Å². The van der Waals surface area contributed by atoms with E-state index in [-0.39, 0.29) is 24.6 Å². The zero-order valence-electron chi connectivity index (χ0n) is 12.5. The minimum atomic E-state index is -0.281. The second kappa shape index (κ2) is 7.43. The summed E-state index contributed by atoms with van der Waals surface area (Å²) in [4.78, 5) is 12.1. The van der Waals surface area contributed by atoms with Crippen molar-refractivity contribution in [2.45, 2.75) is 38.1 Å². The van der Waals surface area contributed by atoms with Gasteiger partial charge in [0, 0.05) is 5.54 Å². The Morgan fingerprint density at radius 1 is 1.33 bits per heavy atom. The number of ether oxygens (including phenoxy) is 1. The van der Waals surface area contributed by atoms with Crippen LogP contribution in [0.5, 0.6) is 5.75 Å². The molecule has 0 bridgehead atoms. The van der Waals surface area contributed by atoms with Crippen LogP contribution in [0.3, 0.4) is 0 Å². The Balaban J connectivity index is 1.90. The molecule has 5 nitrogen and oxygen atoms in total. The number of aliphatic hydroxyl groups is 1. The lowest BCUT2D eigenvalue weighted by molar-refractivity contribution is -0.115. The van der Waals surface area contributed by atoms with Crippen LogP contribution in [0.2, 0.25) is 0 Å². The Kier molecular flexibility index (Phi) is 5.59. The lowest BCUT2D eigenvalue weighted by Gasteiger charge is -2.27. The minimum absolute atomic E-state index is 0.0792. The molecule has 3 N–H and O–H groups in total. The maximum Gasteiger partial charge on any atom is 0.238 e. The zero-order valence-corrected chi connectivity index (χ0v) is 12.5. The molecule has 0 atom stereocenters. The van der Waals surface area contributed by atoms with Crippen LogP contribution >= 0.6 is 0 Å². The van der Waals surface area contributed by atoms with Crippen LogP contribution in [0.4, 0.5) is 5.69 Å². The highest BCUT2D eigenvalue weighted by molar-refractivity contribution is 5.93. The molecule has 1 aliphatic rings. The van der Waals surface area contributed by atoms with E-state index in [1.165, 1.54) is 0 Å². The molecule has 1 saturated carbocycles. The average Bonchev–Trinajstić information content (AvgIpc) is 2.97. The van der Waals surface area contributed by atoms with E-state index < -0.39 is 0 Å². The van der Waals surface area contributed by atoms with Crippen LogP contribution in [0, 0.1) is 0 Å². The van der Waals surface area contributed by atoms with Gasteiger partial charge in [-0.15, -0.1) is 0 Å². The highest BCUT2D eigenvalue weighted by Gasteiger charge is 2.32. The first kappa shape index (κ1) is 15.8. The van der Waals surface area contributed by atoms with Gasteiger partial charge in [0.1, 0.15) is 5.75 Å². The summed E-state index contributed by atoms with van der Waals surface area (Å²) in [6.07, 6.45) is 4.04.